The van der Waals surface area contributed by atoms with Crippen LogP contribution in [0, 0.1) is 6.92 Å². The van der Waals surface area contributed by atoms with E-state index in [0.29, 0.717) is 12.2 Å². The van der Waals surface area contributed by atoms with Crippen molar-refractivity contribution < 1.29 is 9.59 Å². The summed E-state index contributed by atoms with van der Waals surface area (Å²) in [7, 11) is 0. The average molecular weight is 297 g/mol. The molecule has 0 saturated carbocycles. The number of nitrogens with zero attached hydrogens (tertiary/aromatic N) is 1. The molecule has 0 aliphatic heterocycles. The lowest BCUT2D eigenvalue weighted by atomic mass is 10.0. The van der Waals surface area contributed by atoms with E-state index in [1.807, 2.05) is 37.3 Å². The van der Waals surface area contributed by atoms with Crippen LogP contribution in [0.1, 0.15) is 26.0 Å². The molecule has 0 fully saturated rings. The minimum Gasteiger partial charge on any atom is -0.326 e. The van der Waals surface area contributed by atoms with Crippen molar-refractivity contribution >= 4 is 23.3 Å². The Kier molecular flexibility index (Phi) is 4.88. The lowest BCUT2D eigenvalue weighted by Gasteiger charge is -2.10. The number of nitrogens with one attached hydrogen (secondary N) is 2. The van der Waals surface area contributed by atoms with Crippen molar-refractivity contribution in [2.75, 3.05) is 10.6 Å². The quantitative estimate of drug-likeness (QED) is 0.909. The van der Waals surface area contributed by atoms with Gasteiger partial charge in [0.1, 0.15) is 5.82 Å². The van der Waals surface area contributed by atoms with Crippen LogP contribution >= 0.6 is 0 Å². The number of aryl methyl sites for hydroxylation is 1. The first-order chi connectivity index (χ1) is 10.5. The maximum atomic E-state index is 11.4. The predicted octanol–water partition coefficient (Wildman–Crippen LogP) is 3.36. The molecule has 0 spiro atoms. The summed E-state index contributed by atoms with van der Waals surface area (Å²) in [5.41, 5.74) is 3.48. The maximum Gasteiger partial charge on any atom is 0.225 e. The topological polar surface area (TPSA) is 71.1 Å². The molecule has 2 amide bonds. The summed E-state index contributed by atoms with van der Waals surface area (Å²) in [6, 6.07) is 11.3. The van der Waals surface area contributed by atoms with E-state index in [4.69, 9.17) is 0 Å². The summed E-state index contributed by atoms with van der Waals surface area (Å²) in [5, 5.41) is 5.50. The van der Waals surface area contributed by atoms with Gasteiger partial charge in [-0.1, -0.05) is 19.1 Å². The molecule has 114 valence electrons. The Hall–Kier alpha value is -2.69. The Morgan fingerprint density at radius 1 is 1.14 bits per heavy atom. The Labute approximate surface area is 129 Å². The number of hydrogen-bond donors (Lipinski definition) is 2. The van der Waals surface area contributed by atoms with Crippen molar-refractivity contribution in [1.29, 1.82) is 0 Å². The summed E-state index contributed by atoms with van der Waals surface area (Å²) in [5.74, 6) is 0.378. The first-order valence-corrected chi connectivity index (χ1v) is 7.15. The number of benzene rings is 1. The van der Waals surface area contributed by atoms with Crippen molar-refractivity contribution in [3.63, 3.8) is 0 Å². The number of anilines is 2. The third kappa shape index (κ3) is 3.91. The van der Waals surface area contributed by atoms with Crippen LogP contribution in [0.4, 0.5) is 11.5 Å². The van der Waals surface area contributed by atoms with Gasteiger partial charge in [-0.2, -0.15) is 0 Å². The third-order valence-corrected chi connectivity index (χ3v) is 3.17. The molecule has 1 heterocycles. The maximum absolute atomic E-state index is 11.4. The van der Waals surface area contributed by atoms with Crippen molar-refractivity contribution in [1.82, 2.24) is 4.98 Å². The summed E-state index contributed by atoms with van der Waals surface area (Å²) >= 11 is 0. The van der Waals surface area contributed by atoms with Crippen molar-refractivity contribution in [2.45, 2.75) is 27.2 Å². The highest BCUT2D eigenvalue weighted by molar-refractivity contribution is 5.90. The second kappa shape index (κ2) is 6.85. The van der Waals surface area contributed by atoms with Gasteiger partial charge in [0.2, 0.25) is 11.8 Å². The molecule has 1 aromatic carbocycles. The molecule has 0 atom stereocenters. The average Bonchev–Trinajstić information content (AvgIpc) is 2.46. The van der Waals surface area contributed by atoms with Crippen LogP contribution in [0.25, 0.3) is 11.1 Å². The van der Waals surface area contributed by atoms with Gasteiger partial charge in [-0.05, 0) is 36.8 Å². The number of amides is 2. The molecule has 22 heavy (non-hydrogen) atoms. The number of pyridine rings is 1. The lowest BCUT2D eigenvalue weighted by molar-refractivity contribution is -0.116. The van der Waals surface area contributed by atoms with Crippen molar-refractivity contribution in [2.24, 2.45) is 0 Å². The van der Waals surface area contributed by atoms with E-state index in [9.17, 15) is 9.59 Å². The van der Waals surface area contributed by atoms with Crippen LogP contribution in [0.15, 0.2) is 36.4 Å². The van der Waals surface area contributed by atoms with Gasteiger partial charge in [0.15, 0.2) is 0 Å². The second-order valence-electron chi connectivity index (χ2n) is 4.99. The molecule has 0 aliphatic rings. The number of aromatic nitrogens is 1. The standard InChI is InChI=1S/C17H19N3O2/c1-4-17(22)20-16-9-8-15(11(2)18-16)13-6-5-7-14(10-13)19-12(3)21/h5-10H,4H2,1-3H3,(H,19,21)(H,18,20,22). The Morgan fingerprint density at radius 2 is 1.91 bits per heavy atom. The predicted molar refractivity (Wildman–Crippen MR) is 87.6 cm³/mol. The van der Waals surface area contributed by atoms with Crippen molar-refractivity contribution in [3.8, 4) is 11.1 Å². The van der Waals surface area contributed by atoms with Gasteiger partial charge in [0.25, 0.3) is 0 Å². The molecule has 1 aromatic heterocycles. The van der Waals surface area contributed by atoms with E-state index in [2.05, 4.69) is 15.6 Å². The molecule has 2 N–H and O–H groups in total. The zero-order valence-electron chi connectivity index (χ0n) is 12.9. The molecule has 5 nitrogen and oxygen atoms in total. The first kappa shape index (κ1) is 15.7. The fourth-order valence-electron chi connectivity index (χ4n) is 2.13. The summed E-state index contributed by atoms with van der Waals surface area (Å²) in [6.07, 6.45) is 0.418. The highest BCUT2D eigenvalue weighted by Crippen LogP contribution is 2.26. The molecular formula is C17H19N3O2. The van der Waals surface area contributed by atoms with E-state index < -0.39 is 0 Å². The molecule has 0 aliphatic carbocycles. The highest BCUT2D eigenvalue weighted by atomic mass is 16.2. The van der Waals surface area contributed by atoms with Gasteiger partial charge in [0.05, 0.1) is 0 Å². The molecule has 5 heteroatoms. The lowest BCUT2D eigenvalue weighted by Crippen LogP contribution is -2.11. The van der Waals surface area contributed by atoms with Crippen LogP contribution in [0.5, 0.6) is 0 Å². The van der Waals surface area contributed by atoms with E-state index in [1.165, 1.54) is 6.92 Å². The molecule has 2 aromatic rings. The van der Waals surface area contributed by atoms with E-state index >= 15 is 0 Å². The number of carbonyl (C=O) groups is 2. The normalized spacial score (nSPS) is 10.1. The zero-order valence-corrected chi connectivity index (χ0v) is 12.9. The number of hydrogen-bond acceptors (Lipinski definition) is 3. The molecule has 0 unspecified atom stereocenters. The molecule has 0 radical (unpaired) electrons. The fourth-order valence-corrected chi connectivity index (χ4v) is 2.13. The molecule has 0 bridgehead atoms. The monoisotopic (exact) mass is 297 g/mol. The summed E-state index contributed by atoms with van der Waals surface area (Å²) in [6.45, 7) is 5.16. The number of rotatable bonds is 4. The molecule has 2 rings (SSSR count). The highest BCUT2D eigenvalue weighted by Gasteiger charge is 2.07. The summed E-state index contributed by atoms with van der Waals surface area (Å²) in [4.78, 5) is 27.0. The Balaban J connectivity index is 2.29. The molecular weight excluding hydrogens is 278 g/mol. The van der Waals surface area contributed by atoms with Gasteiger partial charge < -0.3 is 10.6 Å². The largest absolute Gasteiger partial charge is 0.326 e. The smallest absolute Gasteiger partial charge is 0.225 e. The van der Waals surface area contributed by atoms with Crippen LogP contribution in [0.2, 0.25) is 0 Å². The Morgan fingerprint density at radius 3 is 2.55 bits per heavy atom. The van der Waals surface area contributed by atoms with Crippen LogP contribution in [0.3, 0.4) is 0 Å². The zero-order chi connectivity index (χ0) is 16.1. The minimum atomic E-state index is -0.107. The van der Waals surface area contributed by atoms with Gasteiger partial charge in [-0.25, -0.2) is 4.98 Å². The van der Waals surface area contributed by atoms with Gasteiger partial charge in [0, 0.05) is 30.3 Å². The molecule has 0 saturated heterocycles. The minimum absolute atomic E-state index is 0.0627. The van der Waals surface area contributed by atoms with E-state index in [0.717, 1.165) is 22.5 Å². The van der Waals surface area contributed by atoms with E-state index in [1.54, 1.807) is 13.0 Å². The van der Waals surface area contributed by atoms with Crippen LogP contribution in [-0.4, -0.2) is 16.8 Å². The summed E-state index contributed by atoms with van der Waals surface area (Å²) < 4.78 is 0. The van der Waals surface area contributed by atoms with Crippen molar-refractivity contribution in [3.05, 3.63) is 42.1 Å². The SMILES string of the molecule is CCC(=O)Nc1ccc(-c2cccc(NC(C)=O)c2)c(C)n1. The van der Waals surface area contributed by atoms with Gasteiger partial charge >= 0.3 is 0 Å². The third-order valence-electron chi connectivity index (χ3n) is 3.17. The fraction of sp³-hybridized carbons (Fsp3) is 0.235. The first-order valence-electron chi connectivity index (χ1n) is 7.15. The van der Waals surface area contributed by atoms with Crippen LogP contribution in [-0.2, 0) is 9.59 Å². The van der Waals surface area contributed by atoms with E-state index in [-0.39, 0.29) is 11.8 Å². The Bertz CT molecular complexity index is 711. The number of carbonyl (C=O) groups excluding carboxylic acids is 2. The van der Waals surface area contributed by atoms with Gasteiger partial charge in [-0.15, -0.1) is 0 Å². The van der Waals surface area contributed by atoms with Crippen LogP contribution < -0.4 is 10.6 Å². The second-order valence-corrected chi connectivity index (χ2v) is 4.99. The van der Waals surface area contributed by atoms with Gasteiger partial charge in [-0.3, -0.25) is 9.59 Å².